The lowest BCUT2D eigenvalue weighted by atomic mass is 10.2. The van der Waals surface area contributed by atoms with Gasteiger partial charge >= 0.3 is 0 Å². The molecule has 0 spiro atoms. The van der Waals surface area contributed by atoms with Crippen molar-refractivity contribution in [1.82, 2.24) is 10.9 Å². The molecule has 168 valence electrons. The first-order valence-corrected chi connectivity index (χ1v) is 10.1. The van der Waals surface area contributed by atoms with Crippen molar-refractivity contribution in [1.29, 1.82) is 0 Å². The molecule has 0 aliphatic carbocycles. The van der Waals surface area contributed by atoms with Crippen molar-refractivity contribution >= 4 is 24.2 Å². The number of para-hydroxylation sites is 2. The Morgan fingerprint density at radius 2 is 1.28 bits per heavy atom. The molecule has 0 radical (unpaired) electrons. The van der Waals surface area contributed by atoms with Crippen molar-refractivity contribution in [2.45, 2.75) is 0 Å². The highest BCUT2D eigenvalue weighted by atomic mass is 16.5. The molecule has 2 amide bonds. The maximum absolute atomic E-state index is 12.5. The predicted molar refractivity (Wildman–Crippen MR) is 118 cm³/mol. The Kier molecular flexibility index (Phi) is 7.90. The van der Waals surface area contributed by atoms with Crippen LogP contribution in [0.5, 0.6) is 11.5 Å². The third-order valence-electron chi connectivity index (χ3n) is 5.04. The summed E-state index contributed by atoms with van der Waals surface area (Å²) in [5.41, 5.74) is 5.85. The zero-order valence-corrected chi connectivity index (χ0v) is 17.5. The van der Waals surface area contributed by atoms with Gasteiger partial charge in [-0.2, -0.15) is 10.2 Å². The maximum atomic E-state index is 12.5. The molecule has 1 saturated heterocycles. The van der Waals surface area contributed by atoms with Crippen LogP contribution in [-0.2, 0) is 14.3 Å². The largest absolute Gasteiger partial charge is 0.507 e. The lowest BCUT2D eigenvalue weighted by Gasteiger charge is -2.39. The quantitative estimate of drug-likeness (QED) is 0.270. The van der Waals surface area contributed by atoms with Crippen LogP contribution in [-0.4, -0.2) is 78.3 Å². The lowest BCUT2D eigenvalue weighted by molar-refractivity contribution is -0.920. The summed E-state index contributed by atoms with van der Waals surface area (Å²) in [4.78, 5) is 25.0. The molecule has 1 aliphatic rings. The number of morpholine rings is 1. The SMILES string of the molecule is O=C(C[N+]1(CC(=O)N/N=C/c2ccccc2O)CCOCC1)N/N=C/c1ccccc1O. The van der Waals surface area contributed by atoms with Gasteiger partial charge in [0.15, 0.2) is 13.1 Å². The summed E-state index contributed by atoms with van der Waals surface area (Å²) >= 11 is 0. The van der Waals surface area contributed by atoms with Crippen molar-refractivity contribution in [2.75, 3.05) is 39.4 Å². The molecular weight excluding hydrogens is 414 g/mol. The number of amides is 2. The van der Waals surface area contributed by atoms with E-state index in [1.54, 1.807) is 36.4 Å². The first-order chi connectivity index (χ1) is 15.5. The number of carbonyl (C=O) groups is 2. The van der Waals surface area contributed by atoms with Crippen molar-refractivity contribution in [3.8, 4) is 11.5 Å². The second kappa shape index (κ2) is 11.0. The van der Waals surface area contributed by atoms with E-state index in [-0.39, 0.29) is 40.9 Å². The van der Waals surface area contributed by atoms with Crippen LogP contribution < -0.4 is 10.9 Å². The maximum Gasteiger partial charge on any atom is 0.295 e. The topological polar surface area (TPSA) is 133 Å². The van der Waals surface area contributed by atoms with E-state index in [1.807, 2.05) is 0 Å². The molecule has 4 N–H and O–H groups in total. The second-order valence-electron chi connectivity index (χ2n) is 7.42. The molecule has 10 nitrogen and oxygen atoms in total. The number of phenols is 2. The first-order valence-electron chi connectivity index (χ1n) is 10.1. The number of benzene rings is 2. The van der Waals surface area contributed by atoms with Gasteiger partial charge in [0.25, 0.3) is 11.8 Å². The van der Waals surface area contributed by atoms with E-state index >= 15 is 0 Å². The van der Waals surface area contributed by atoms with Gasteiger partial charge in [-0.05, 0) is 24.3 Å². The Balaban J connectivity index is 1.57. The number of hydrogen-bond acceptors (Lipinski definition) is 7. The summed E-state index contributed by atoms with van der Waals surface area (Å²) in [5, 5.41) is 27.3. The van der Waals surface area contributed by atoms with Crippen LogP contribution in [0.3, 0.4) is 0 Å². The van der Waals surface area contributed by atoms with Gasteiger partial charge in [-0.3, -0.25) is 9.59 Å². The summed E-state index contributed by atoms with van der Waals surface area (Å²) in [6, 6.07) is 13.3. The number of ether oxygens (including phenoxy) is 1. The van der Waals surface area contributed by atoms with Crippen LogP contribution in [0.15, 0.2) is 58.7 Å². The van der Waals surface area contributed by atoms with Gasteiger partial charge in [0.2, 0.25) is 0 Å². The third-order valence-corrected chi connectivity index (χ3v) is 5.04. The van der Waals surface area contributed by atoms with E-state index in [0.717, 1.165) is 0 Å². The minimum absolute atomic E-state index is 0.0398. The van der Waals surface area contributed by atoms with Gasteiger partial charge in [-0.15, -0.1) is 0 Å². The standard InChI is InChI=1S/C22H25N5O5/c28-19-7-3-1-5-17(19)13-23-25-21(30)15-27(9-11-32-12-10-27)16-22(31)26-24-14-18-6-2-4-8-20(18)29/h1-8,13-14H,9-12,15-16H2,(H3-,23,24,25,26,28,29,30,31)/p+1. The molecule has 0 saturated carbocycles. The van der Waals surface area contributed by atoms with E-state index in [4.69, 9.17) is 4.74 Å². The number of quaternary nitrogens is 1. The minimum atomic E-state index is -0.357. The summed E-state index contributed by atoms with van der Waals surface area (Å²) in [6.07, 6.45) is 2.72. The highest BCUT2D eigenvalue weighted by Crippen LogP contribution is 2.14. The number of aromatic hydroxyl groups is 2. The Morgan fingerprint density at radius 3 is 1.72 bits per heavy atom. The molecule has 2 aromatic carbocycles. The molecule has 0 atom stereocenters. The molecule has 0 unspecified atom stereocenters. The summed E-state index contributed by atoms with van der Waals surface area (Å²) in [7, 11) is 0. The Hall–Kier alpha value is -3.76. The summed E-state index contributed by atoms with van der Waals surface area (Å²) in [5.74, 6) is -0.598. The molecule has 3 rings (SSSR count). The zero-order valence-electron chi connectivity index (χ0n) is 17.5. The van der Waals surface area contributed by atoms with Crippen LogP contribution in [0.1, 0.15) is 11.1 Å². The highest BCUT2D eigenvalue weighted by molar-refractivity contribution is 5.86. The van der Waals surface area contributed by atoms with E-state index < -0.39 is 0 Å². The molecule has 1 fully saturated rings. The van der Waals surface area contributed by atoms with E-state index in [0.29, 0.717) is 37.4 Å². The average Bonchev–Trinajstić information content (AvgIpc) is 2.77. The monoisotopic (exact) mass is 440 g/mol. The smallest absolute Gasteiger partial charge is 0.295 e. The zero-order chi connectivity index (χ0) is 22.8. The fourth-order valence-corrected chi connectivity index (χ4v) is 3.32. The van der Waals surface area contributed by atoms with Gasteiger partial charge in [-0.25, -0.2) is 10.9 Å². The molecular formula is C22H26N5O5+. The number of hydrogen-bond donors (Lipinski definition) is 4. The summed E-state index contributed by atoms with van der Waals surface area (Å²) < 4.78 is 5.60. The van der Waals surface area contributed by atoms with Gasteiger partial charge in [-0.1, -0.05) is 24.3 Å². The van der Waals surface area contributed by atoms with Crippen molar-refractivity contribution in [3.63, 3.8) is 0 Å². The van der Waals surface area contributed by atoms with E-state index in [1.165, 1.54) is 24.6 Å². The molecule has 1 aliphatic heterocycles. The van der Waals surface area contributed by atoms with Crippen molar-refractivity contribution in [2.24, 2.45) is 10.2 Å². The number of rotatable bonds is 8. The Morgan fingerprint density at radius 1 is 0.844 bits per heavy atom. The molecule has 10 heteroatoms. The number of nitrogens with zero attached hydrogens (tertiary/aromatic N) is 3. The van der Waals surface area contributed by atoms with E-state index in [2.05, 4.69) is 21.1 Å². The van der Waals surface area contributed by atoms with Crippen LogP contribution >= 0.6 is 0 Å². The van der Waals surface area contributed by atoms with Crippen molar-refractivity contribution < 1.29 is 29.0 Å². The molecule has 32 heavy (non-hydrogen) atoms. The molecule has 0 bridgehead atoms. The lowest BCUT2D eigenvalue weighted by Crippen LogP contribution is -2.61. The normalized spacial score (nSPS) is 15.6. The fraction of sp³-hybridized carbons (Fsp3) is 0.273. The number of nitrogens with one attached hydrogen (secondary N) is 2. The van der Waals surface area contributed by atoms with Gasteiger partial charge < -0.3 is 19.4 Å². The fourth-order valence-electron chi connectivity index (χ4n) is 3.32. The number of hydrazone groups is 2. The van der Waals surface area contributed by atoms with Crippen LogP contribution in [0.2, 0.25) is 0 Å². The Bertz CT molecular complexity index is 928. The van der Waals surface area contributed by atoms with Crippen LogP contribution in [0.25, 0.3) is 0 Å². The van der Waals surface area contributed by atoms with Gasteiger partial charge in [0.05, 0.1) is 25.6 Å². The molecule has 1 heterocycles. The van der Waals surface area contributed by atoms with E-state index in [9.17, 15) is 19.8 Å². The third kappa shape index (κ3) is 6.62. The predicted octanol–water partition coefficient (Wildman–Crippen LogP) is 0.545. The van der Waals surface area contributed by atoms with Crippen LogP contribution in [0.4, 0.5) is 0 Å². The average molecular weight is 440 g/mol. The van der Waals surface area contributed by atoms with Crippen LogP contribution in [0, 0.1) is 0 Å². The minimum Gasteiger partial charge on any atom is -0.507 e. The first kappa shape index (κ1) is 22.9. The van der Waals surface area contributed by atoms with Crippen molar-refractivity contribution in [3.05, 3.63) is 59.7 Å². The second-order valence-corrected chi connectivity index (χ2v) is 7.42. The van der Waals surface area contributed by atoms with Gasteiger partial charge in [0.1, 0.15) is 24.6 Å². The number of carbonyl (C=O) groups excluding carboxylic acids is 2. The van der Waals surface area contributed by atoms with Gasteiger partial charge in [0, 0.05) is 11.1 Å². The Labute approximate surface area is 185 Å². The highest BCUT2D eigenvalue weighted by Gasteiger charge is 2.35. The number of phenolic OH excluding ortho intramolecular Hbond substituents is 2. The molecule has 0 aromatic heterocycles. The molecule has 2 aromatic rings. The summed E-state index contributed by atoms with van der Waals surface area (Å²) in [6.45, 7) is 1.93.